The number of anilines is 1. The van der Waals surface area contributed by atoms with Crippen LogP contribution in [0.1, 0.15) is 42.9 Å². The van der Waals surface area contributed by atoms with E-state index >= 15 is 0 Å². The fourth-order valence-corrected chi connectivity index (χ4v) is 2.72. The van der Waals surface area contributed by atoms with E-state index in [0.717, 1.165) is 30.6 Å². The number of hydrogen-bond acceptors (Lipinski definition) is 5. The summed E-state index contributed by atoms with van der Waals surface area (Å²) in [5, 5.41) is 6.12. The highest BCUT2D eigenvalue weighted by molar-refractivity contribution is 5.83. The number of esters is 1. The van der Waals surface area contributed by atoms with Gasteiger partial charge in [-0.1, -0.05) is 12.1 Å². The van der Waals surface area contributed by atoms with Gasteiger partial charge in [0.05, 0.1) is 19.6 Å². The van der Waals surface area contributed by atoms with Crippen molar-refractivity contribution in [2.75, 3.05) is 19.0 Å². The van der Waals surface area contributed by atoms with Crippen molar-refractivity contribution in [2.24, 2.45) is 5.73 Å². The molecule has 0 spiro atoms. The van der Waals surface area contributed by atoms with Crippen LogP contribution < -0.4 is 16.4 Å². The van der Waals surface area contributed by atoms with E-state index in [1.165, 1.54) is 12.7 Å². The highest BCUT2D eigenvalue weighted by Crippen LogP contribution is 2.27. The summed E-state index contributed by atoms with van der Waals surface area (Å²) in [5.74, 6) is -1.26. The van der Waals surface area contributed by atoms with Gasteiger partial charge in [-0.2, -0.15) is 0 Å². The minimum Gasteiger partial charge on any atom is -0.469 e. The third-order valence-corrected chi connectivity index (χ3v) is 4.00. The topological polar surface area (TPSA) is 111 Å². The molecule has 0 radical (unpaired) electrons. The molecular weight excluding hydrogens is 310 g/mol. The Bertz CT molecular complexity index is 630. The average molecular weight is 333 g/mol. The summed E-state index contributed by atoms with van der Waals surface area (Å²) < 4.78 is 4.72. The second-order valence-corrected chi connectivity index (χ2v) is 5.81. The lowest BCUT2D eigenvalue weighted by molar-refractivity contribution is -0.141. The third kappa shape index (κ3) is 4.97. The van der Waals surface area contributed by atoms with Crippen molar-refractivity contribution in [3.8, 4) is 0 Å². The lowest BCUT2D eigenvalue weighted by Crippen LogP contribution is -2.31. The van der Waals surface area contributed by atoms with Gasteiger partial charge < -0.3 is 21.1 Å². The first-order valence-electron chi connectivity index (χ1n) is 8.00. The Kier molecular flexibility index (Phi) is 6.17. The summed E-state index contributed by atoms with van der Waals surface area (Å²) in [7, 11) is 1.31. The van der Waals surface area contributed by atoms with Gasteiger partial charge in [-0.05, 0) is 30.0 Å². The van der Waals surface area contributed by atoms with Gasteiger partial charge in [-0.3, -0.25) is 14.4 Å². The smallest absolute Gasteiger partial charge is 0.307 e. The van der Waals surface area contributed by atoms with Crippen molar-refractivity contribution in [3.05, 3.63) is 29.3 Å². The quantitative estimate of drug-likeness (QED) is 0.646. The Balaban J connectivity index is 2.14. The fraction of sp³-hybridized carbons (Fsp3) is 0.471. The fourth-order valence-electron chi connectivity index (χ4n) is 2.72. The molecule has 7 heteroatoms. The van der Waals surface area contributed by atoms with E-state index in [1.54, 1.807) is 0 Å². The zero-order chi connectivity index (χ0) is 17.5. The molecule has 7 nitrogen and oxygen atoms in total. The van der Waals surface area contributed by atoms with Crippen molar-refractivity contribution >= 4 is 23.5 Å². The summed E-state index contributed by atoms with van der Waals surface area (Å²) in [6, 6.07) is 5.36. The number of benzene rings is 1. The second-order valence-electron chi connectivity index (χ2n) is 5.81. The molecule has 0 fully saturated rings. The lowest BCUT2D eigenvalue weighted by Gasteiger charge is -2.23. The van der Waals surface area contributed by atoms with Crippen LogP contribution in [0, 0.1) is 0 Å². The normalized spacial score (nSPS) is 14.0. The van der Waals surface area contributed by atoms with E-state index in [4.69, 9.17) is 10.5 Å². The molecule has 2 amide bonds. The van der Waals surface area contributed by atoms with Crippen LogP contribution in [0.4, 0.5) is 5.69 Å². The van der Waals surface area contributed by atoms with E-state index in [9.17, 15) is 14.4 Å². The SMILES string of the molecule is COC(=O)C[C@@H](NC(=O)CCC(N)=O)c1ccc2c(c1)CCCN2. The molecule has 1 aliphatic heterocycles. The molecule has 1 heterocycles. The minimum absolute atomic E-state index is 0.000494. The number of fused-ring (bicyclic) bond motifs is 1. The van der Waals surface area contributed by atoms with E-state index < -0.39 is 17.9 Å². The number of primary amides is 1. The Morgan fingerprint density at radius 3 is 2.83 bits per heavy atom. The third-order valence-electron chi connectivity index (χ3n) is 4.00. The first kappa shape index (κ1) is 17.8. The van der Waals surface area contributed by atoms with E-state index in [-0.39, 0.29) is 25.2 Å². The molecule has 130 valence electrons. The molecule has 0 saturated carbocycles. The van der Waals surface area contributed by atoms with Crippen LogP contribution in [0.15, 0.2) is 18.2 Å². The van der Waals surface area contributed by atoms with Gasteiger partial charge >= 0.3 is 5.97 Å². The van der Waals surface area contributed by atoms with Gasteiger partial charge in [0.1, 0.15) is 0 Å². The first-order valence-corrected chi connectivity index (χ1v) is 8.00. The predicted octanol–water partition coefficient (Wildman–Crippen LogP) is 1.03. The maximum Gasteiger partial charge on any atom is 0.307 e. The van der Waals surface area contributed by atoms with Crippen molar-refractivity contribution in [2.45, 2.75) is 38.1 Å². The summed E-state index contributed by atoms with van der Waals surface area (Å²) in [6.07, 6.45) is 2.01. The molecule has 1 aromatic rings. The monoisotopic (exact) mass is 333 g/mol. The number of carbonyl (C=O) groups is 3. The van der Waals surface area contributed by atoms with Crippen molar-refractivity contribution in [1.82, 2.24) is 5.32 Å². The van der Waals surface area contributed by atoms with Crippen LogP contribution in [0.2, 0.25) is 0 Å². The molecule has 2 rings (SSSR count). The first-order chi connectivity index (χ1) is 11.5. The van der Waals surface area contributed by atoms with E-state index in [0.29, 0.717) is 0 Å². The van der Waals surface area contributed by atoms with E-state index in [1.807, 2.05) is 18.2 Å². The highest BCUT2D eigenvalue weighted by Gasteiger charge is 2.21. The number of hydrogen-bond donors (Lipinski definition) is 3. The van der Waals surface area contributed by atoms with Gasteiger partial charge in [0.2, 0.25) is 11.8 Å². The molecule has 0 aliphatic carbocycles. The number of nitrogens with two attached hydrogens (primary N) is 1. The number of methoxy groups -OCH3 is 1. The van der Waals surface area contributed by atoms with Crippen molar-refractivity contribution < 1.29 is 19.1 Å². The molecule has 0 bridgehead atoms. The standard InChI is InChI=1S/C17H23N3O4/c1-24-17(23)10-14(20-16(22)7-6-15(18)21)12-4-5-13-11(9-12)3-2-8-19-13/h4-5,9,14,19H,2-3,6-8,10H2,1H3,(H2,18,21)(H,20,22)/t14-/m1/s1. The van der Waals surface area contributed by atoms with Crippen LogP contribution in [-0.2, 0) is 25.5 Å². The van der Waals surface area contributed by atoms with Crippen LogP contribution >= 0.6 is 0 Å². The molecule has 4 N–H and O–H groups in total. The Labute approximate surface area is 140 Å². The van der Waals surface area contributed by atoms with Gasteiger partial charge in [0, 0.05) is 25.1 Å². The number of aryl methyl sites for hydroxylation is 1. The molecule has 0 saturated heterocycles. The maximum atomic E-state index is 12.0. The Morgan fingerprint density at radius 2 is 2.12 bits per heavy atom. The summed E-state index contributed by atoms with van der Waals surface area (Å²) >= 11 is 0. The van der Waals surface area contributed by atoms with Gasteiger partial charge in [-0.25, -0.2) is 0 Å². The van der Waals surface area contributed by atoms with Crippen LogP contribution in [-0.4, -0.2) is 31.4 Å². The van der Waals surface area contributed by atoms with Crippen LogP contribution in [0.5, 0.6) is 0 Å². The van der Waals surface area contributed by atoms with Gasteiger partial charge in [0.25, 0.3) is 0 Å². The minimum atomic E-state index is -0.533. The molecule has 0 unspecified atom stereocenters. The number of amides is 2. The molecular formula is C17H23N3O4. The average Bonchev–Trinajstić information content (AvgIpc) is 2.58. The molecule has 24 heavy (non-hydrogen) atoms. The molecule has 0 aromatic heterocycles. The van der Waals surface area contributed by atoms with Crippen LogP contribution in [0.3, 0.4) is 0 Å². The zero-order valence-electron chi connectivity index (χ0n) is 13.8. The summed E-state index contributed by atoms with van der Waals surface area (Å²) in [4.78, 5) is 34.5. The lowest BCUT2D eigenvalue weighted by atomic mass is 9.96. The number of carbonyl (C=O) groups excluding carboxylic acids is 3. The molecule has 1 aromatic carbocycles. The largest absolute Gasteiger partial charge is 0.469 e. The van der Waals surface area contributed by atoms with E-state index in [2.05, 4.69) is 10.6 Å². The summed E-state index contributed by atoms with van der Waals surface area (Å²) in [6.45, 7) is 0.946. The van der Waals surface area contributed by atoms with Gasteiger partial charge in [0.15, 0.2) is 0 Å². The Hall–Kier alpha value is -2.57. The zero-order valence-corrected chi connectivity index (χ0v) is 13.8. The van der Waals surface area contributed by atoms with Crippen molar-refractivity contribution in [3.63, 3.8) is 0 Å². The second kappa shape index (κ2) is 8.33. The maximum absolute atomic E-state index is 12.0. The predicted molar refractivity (Wildman–Crippen MR) is 89.2 cm³/mol. The number of ether oxygens (including phenoxy) is 1. The van der Waals surface area contributed by atoms with Gasteiger partial charge in [-0.15, -0.1) is 0 Å². The number of rotatable bonds is 7. The summed E-state index contributed by atoms with van der Waals surface area (Å²) in [5.41, 5.74) is 8.16. The number of nitrogens with one attached hydrogen (secondary N) is 2. The highest BCUT2D eigenvalue weighted by atomic mass is 16.5. The Morgan fingerprint density at radius 1 is 1.33 bits per heavy atom. The van der Waals surface area contributed by atoms with Crippen LogP contribution in [0.25, 0.3) is 0 Å². The molecule has 1 atom stereocenters. The molecule has 1 aliphatic rings. The van der Waals surface area contributed by atoms with Crippen molar-refractivity contribution in [1.29, 1.82) is 0 Å².